The third kappa shape index (κ3) is 2.76. The third-order valence-electron chi connectivity index (χ3n) is 4.35. The molecule has 24 heavy (non-hydrogen) atoms. The van der Waals surface area contributed by atoms with Gasteiger partial charge in [0, 0.05) is 12.2 Å². The van der Waals surface area contributed by atoms with Crippen LogP contribution in [0.4, 0.5) is 0 Å². The molecule has 6 nitrogen and oxygen atoms in total. The summed E-state index contributed by atoms with van der Waals surface area (Å²) in [6, 6.07) is 7.80. The van der Waals surface area contributed by atoms with Crippen LogP contribution in [0, 0.1) is 0 Å². The van der Waals surface area contributed by atoms with Crippen LogP contribution in [0.15, 0.2) is 35.6 Å². The summed E-state index contributed by atoms with van der Waals surface area (Å²) in [5.74, 6) is 0.809. The van der Waals surface area contributed by atoms with Gasteiger partial charge in [-0.05, 0) is 43.5 Å². The van der Waals surface area contributed by atoms with Crippen molar-refractivity contribution in [1.29, 1.82) is 0 Å². The van der Waals surface area contributed by atoms with E-state index in [4.69, 9.17) is 21.1 Å². The molecule has 2 unspecified atom stereocenters. The summed E-state index contributed by atoms with van der Waals surface area (Å²) >= 11 is 6.31. The Morgan fingerprint density at radius 3 is 2.83 bits per heavy atom. The van der Waals surface area contributed by atoms with Gasteiger partial charge in [-0.2, -0.15) is 0 Å². The second-order valence-electron chi connectivity index (χ2n) is 5.86. The highest BCUT2D eigenvalue weighted by Gasteiger charge is 2.22. The van der Waals surface area contributed by atoms with Gasteiger partial charge in [-0.3, -0.25) is 4.57 Å². The molecule has 0 saturated carbocycles. The fourth-order valence-electron chi connectivity index (χ4n) is 3.12. The van der Waals surface area contributed by atoms with Gasteiger partial charge in [-0.15, -0.1) is 0 Å². The molecule has 0 spiro atoms. The standard InChI is InChI=1S/C17H19ClN4O2/c1-23-12-7-5-11(6-8-12)14-15-16(21-17(18)20-14)22(10-19-15)13-4-2-3-9-24-13/h5-8,10,13,17,20H,2-4,9H2,1H3. The highest BCUT2D eigenvalue weighted by atomic mass is 35.5. The molecule has 7 heteroatoms. The van der Waals surface area contributed by atoms with Gasteiger partial charge < -0.3 is 14.8 Å². The molecule has 1 aromatic carbocycles. The Bertz CT molecular complexity index is 840. The minimum atomic E-state index is -0.534. The monoisotopic (exact) mass is 346 g/mol. The number of halogens is 1. The van der Waals surface area contributed by atoms with E-state index < -0.39 is 5.62 Å². The van der Waals surface area contributed by atoms with Gasteiger partial charge in [0.15, 0.2) is 11.1 Å². The lowest BCUT2D eigenvalue weighted by molar-refractivity contribution is -0.0343. The van der Waals surface area contributed by atoms with Crippen LogP contribution in [0.3, 0.4) is 0 Å². The second-order valence-corrected chi connectivity index (χ2v) is 6.27. The van der Waals surface area contributed by atoms with E-state index >= 15 is 0 Å². The summed E-state index contributed by atoms with van der Waals surface area (Å²) in [4.78, 5) is 9.09. The van der Waals surface area contributed by atoms with Crippen LogP contribution in [0.2, 0.25) is 0 Å². The molecule has 0 radical (unpaired) electrons. The van der Waals surface area contributed by atoms with Crippen molar-refractivity contribution in [2.75, 3.05) is 13.7 Å². The van der Waals surface area contributed by atoms with E-state index in [1.165, 1.54) is 0 Å². The lowest BCUT2D eigenvalue weighted by atomic mass is 10.1. The number of nitrogens with zero attached hydrogens (tertiary/aromatic N) is 3. The quantitative estimate of drug-likeness (QED) is 0.675. The van der Waals surface area contributed by atoms with E-state index in [-0.39, 0.29) is 6.23 Å². The van der Waals surface area contributed by atoms with E-state index in [0.29, 0.717) is 0 Å². The van der Waals surface area contributed by atoms with E-state index in [0.717, 1.165) is 53.7 Å². The second kappa shape index (κ2) is 6.45. The highest BCUT2D eigenvalue weighted by Crippen LogP contribution is 2.21. The molecule has 126 valence electrons. The average molecular weight is 347 g/mol. The van der Waals surface area contributed by atoms with Crippen molar-refractivity contribution in [2.24, 2.45) is 4.99 Å². The Balaban J connectivity index is 1.82. The van der Waals surface area contributed by atoms with Crippen LogP contribution in [0.1, 0.15) is 31.1 Å². The molecule has 3 heterocycles. The van der Waals surface area contributed by atoms with Gasteiger partial charge in [0.25, 0.3) is 0 Å². The van der Waals surface area contributed by atoms with E-state index in [1.54, 1.807) is 13.4 Å². The molecular weight excluding hydrogens is 328 g/mol. The Hall–Kier alpha value is -2.05. The van der Waals surface area contributed by atoms with Crippen molar-refractivity contribution >= 4 is 17.3 Å². The Kier molecular flexibility index (Phi) is 4.16. The predicted molar refractivity (Wildman–Crippen MR) is 90.1 cm³/mol. The topological polar surface area (TPSA) is 60.7 Å². The number of rotatable bonds is 3. The number of fused-ring (bicyclic) bond motifs is 1. The molecule has 1 fully saturated rings. The summed E-state index contributed by atoms with van der Waals surface area (Å²) in [5, 5.41) is 4.00. The average Bonchev–Trinajstić information content (AvgIpc) is 3.05. The van der Waals surface area contributed by atoms with Gasteiger partial charge in [-0.25, -0.2) is 9.98 Å². The van der Waals surface area contributed by atoms with Gasteiger partial charge in [0.2, 0.25) is 0 Å². The van der Waals surface area contributed by atoms with Crippen LogP contribution in [-0.4, -0.2) is 28.9 Å². The molecule has 0 bridgehead atoms. The first-order valence-corrected chi connectivity index (χ1v) is 8.51. The number of methoxy groups -OCH3 is 1. The molecule has 2 aliphatic rings. The first kappa shape index (κ1) is 15.5. The number of alkyl halides is 1. The minimum absolute atomic E-state index is 0.0159. The summed E-state index contributed by atoms with van der Waals surface area (Å²) in [5.41, 5.74) is 2.10. The van der Waals surface area contributed by atoms with E-state index in [9.17, 15) is 0 Å². The molecule has 2 atom stereocenters. The largest absolute Gasteiger partial charge is 0.497 e. The summed E-state index contributed by atoms with van der Waals surface area (Å²) in [6.45, 7) is 0.773. The van der Waals surface area contributed by atoms with Crippen molar-refractivity contribution in [2.45, 2.75) is 31.1 Å². The summed E-state index contributed by atoms with van der Waals surface area (Å²) < 4.78 is 13.1. The van der Waals surface area contributed by atoms with Crippen molar-refractivity contribution in [1.82, 2.24) is 14.9 Å². The molecule has 2 aliphatic heterocycles. The number of hydrogen-bond donors (Lipinski definition) is 1. The smallest absolute Gasteiger partial charge is 0.197 e. The molecule has 1 N–H and O–H groups in total. The number of imidazole rings is 1. The van der Waals surface area contributed by atoms with Crippen LogP contribution < -0.4 is 20.9 Å². The lowest BCUT2D eigenvalue weighted by Crippen LogP contribution is -2.45. The number of ether oxygens (including phenoxy) is 2. The van der Waals surface area contributed by atoms with E-state index in [1.807, 2.05) is 28.8 Å². The van der Waals surface area contributed by atoms with Crippen LogP contribution in [0.5, 0.6) is 5.75 Å². The third-order valence-corrected chi connectivity index (χ3v) is 4.55. The van der Waals surface area contributed by atoms with Crippen molar-refractivity contribution in [3.05, 3.63) is 47.0 Å². The van der Waals surface area contributed by atoms with Gasteiger partial charge in [-0.1, -0.05) is 11.6 Å². The van der Waals surface area contributed by atoms with Gasteiger partial charge in [0.1, 0.15) is 17.3 Å². The molecule has 2 aromatic rings. The van der Waals surface area contributed by atoms with Crippen LogP contribution >= 0.6 is 11.6 Å². The maximum Gasteiger partial charge on any atom is 0.197 e. The van der Waals surface area contributed by atoms with Crippen LogP contribution in [-0.2, 0) is 4.74 Å². The summed E-state index contributed by atoms with van der Waals surface area (Å²) in [7, 11) is 1.65. The number of benzene rings is 1. The van der Waals surface area contributed by atoms with Crippen molar-refractivity contribution in [3.8, 4) is 5.75 Å². The minimum Gasteiger partial charge on any atom is -0.497 e. The Labute approximate surface area is 144 Å². The molecule has 4 rings (SSSR count). The first-order valence-electron chi connectivity index (χ1n) is 8.08. The SMILES string of the molecule is COc1ccc(C2=c3ncn(C4CCCCO4)c3=NC(Cl)N2)cc1. The number of aromatic nitrogens is 2. The maximum atomic E-state index is 6.31. The number of nitrogens with one attached hydrogen (secondary N) is 1. The zero-order valence-corrected chi connectivity index (χ0v) is 14.2. The zero-order chi connectivity index (χ0) is 16.5. The van der Waals surface area contributed by atoms with Crippen LogP contribution in [0.25, 0.3) is 5.70 Å². The maximum absolute atomic E-state index is 6.31. The molecule has 0 amide bonds. The fraction of sp³-hybridized carbons (Fsp3) is 0.412. The predicted octanol–water partition coefficient (Wildman–Crippen LogP) is 1.49. The summed E-state index contributed by atoms with van der Waals surface area (Å²) in [6.07, 6.45) is 5.00. The van der Waals surface area contributed by atoms with Gasteiger partial charge >= 0.3 is 0 Å². The highest BCUT2D eigenvalue weighted by molar-refractivity contribution is 6.20. The zero-order valence-electron chi connectivity index (χ0n) is 13.4. The lowest BCUT2D eigenvalue weighted by Gasteiger charge is -2.24. The van der Waals surface area contributed by atoms with Gasteiger partial charge in [0.05, 0.1) is 19.1 Å². The molecule has 1 saturated heterocycles. The fourth-order valence-corrected chi connectivity index (χ4v) is 3.32. The Morgan fingerprint density at radius 1 is 1.29 bits per heavy atom. The molecule has 0 aliphatic carbocycles. The molecular formula is C17H19ClN4O2. The number of hydrogen-bond acceptors (Lipinski definition) is 5. The van der Waals surface area contributed by atoms with Crippen molar-refractivity contribution in [3.63, 3.8) is 0 Å². The van der Waals surface area contributed by atoms with E-state index in [2.05, 4.69) is 15.3 Å². The normalized spacial score (nSPS) is 23.2. The molecule has 1 aromatic heterocycles. The first-order chi connectivity index (χ1) is 11.8. The Morgan fingerprint density at radius 2 is 2.12 bits per heavy atom. The van der Waals surface area contributed by atoms with Crippen molar-refractivity contribution < 1.29 is 9.47 Å².